The van der Waals surface area contributed by atoms with E-state index in [1.807, 2.05) is 6.07 Å². The van der Waals surface area contributed by atoms with Crippen molar-refractivity contribution in [3.63, 3.8) is 0 Å². The van der Waals surface area contributed by atoms with Gasteiger partial charge in [-0.3, -0.25) is 0 Å². The molecule has 2 aliphatic rings. The molecule has 1 aromatic carbocycles. The van der Waals surface area contributed by atoms with Crippen LogP contribution in [0.25, 0.3) is 0 Å². The van der Waals surface area contributed by atoms with Crippen LogP contribution in [0.15, 0.2) is 18.2 Å². The molecule has 4 heteroatoms. The number of fused-ring (bicyclic) bond motifs is 2. The highest BCUT2D eigenvalue weighted by atomic mass is 35.5. The van der Waals surface area contributed by atoms with Crippen LogP contribution in [0.1, 0.15) is 44.6 Å². The van der Waals surface area contributed by atoms with Crippen LogP contribution in [0.4, 0.5) is 0 Å². The fourth-order valence-electron chi connectivity index (χ4n) is 4.23. The van der Waals surface area contributed by atoms with Crippen LogP contribution in [-0.4, -0.2) is 36.7 Å². The van der Waals surface area contributed by atoms with Gasteiger partial charge in [-0.15, -0.1) is 0 Å². The highest BCUT2D eigenvalue weighted by molar-refractivity contribution is 6.42. The van der Waals surface area contributed by atoms with E-state index in [1.54, 1.807) is 0 Å². The number of nitrogens with zero attached hydrogens (tertiary/aromatic N) is 1. The molecule has 0 aromatic heterocycles. The van der Waals surface area contributed by atoms with Crippen molar-refractivity contribution in [1.82, 2.24) is 4.90 Å². The third-order valence-electron chi connectivity index (χ3n) is 5.43. The largest absolute Gasteiger partial charge is 0.378 e. The number of rotatable bonds is 4. The molecule has 2 saturated heterocycles. The van der Waals surface area contributed by atoms with E-state index in [9.17, 15) is 0 Å². The minimum atomic E-state index is 0.277. The summed E-state index contributed by atoms with van der Waals surface area (Å²) in [6.07, 6.45) is 4.05. The summed E-state index contributed by atoms with van der Waals surface area (Å²) in [7, 11) is 2.27. The molecule has 0 radical (unpaired) electrons. The van der Waals surface area contributed by atoms with E-state index in [0.717, 1.165) is 6.61 Å². The Morgan fingerprint density at radius 1 is 1.23 bits per heavy atom. The van der Waals surface area contributed by atoms with E-state index in [-0.39, 0.29) is 6.10 Å². The molecular weight excluding hydrogens is 317 g/mol. The van der Waals surface area contributed by atoms with E-state index < -0.39 is 0 Å². The van der Waals surface area contributed by atoms with Crippen molar-refractivity contribution < 1.29 is 4.74 Å². The zero-order valence-corrected chi connectivity index (χ0v) is 15.1. The van der Waals surface area contributed by atoms with Crippen LogP contribution in [0.3, 0.4) is 0 Å². The average molecular weight is 342 g/mol. The summed E-state index contributed by atoms with van der Waals surface area (Å²) in [6, 6.07) is 7.45. The van der Waals surface area contributed by atoms with E-state index in [0.29, 0.717) is 34.0 Å². The van der Waals surface area contributed by atoms with Crippen LogP contribution < -0.4 is 0 Å². The Hall–Kier alpha value is -0.280. The molecule has 2 nitrogen and oxygen atoms in total. The normalized spacial score (nSPS) is 31.9. The summed E-state index contributed by atoms with van der Waals surface area (Å²) in [5, 5.41) is 1.30. The lowest BCUT2D eigenvalue weighted by molar-refractivity contribution is -0.00336. The van der Waals surface area contributed by atoms with Gasteiger partial charge in [-0.2, -0.15) is 0 Å². The Morgan fingerprint density at radius 2 is 2.00 bits per heavy atom. The molecule has 2 heterocycles. The van der Waals surface area contributed by atoms with Crippen molar-refractivity contribution in [3.05, 3.63) is 33.8 Å². The minimum absolute atomic E-state index is 0.277. The van der Waals surface area contributed by atoms with E-state index in [4.69, 9.17) is 27.9 Å². The van der Waals surface area contributed by atoms with Gasteiger partial charge in [0, 0.05) is 18.0 Å². The van der Waals surface area contributed by atoms with Gasteiger partial charge in [-0.05, 0) is 63.8 Å². The van der Waals surface area contributed by atoms with Crippen LogP contribution in [0, 0.1) is 5.92 Å². The van der Waals surface area contributed by atoms with Crippen molar-refractivity contribution in [2.75, 3.05) is 13.7 Å². The standard InChI is InChI=1S/C18H25Cl2NO/c1-11(2)22-10-15-14(9-13-5-7-18(15)21(13)3)12-4-6-16(19)17(20)8-12/h4,6,8,11,13-15,18H,5,7,9-10H2,1-3H3/t13-,14+,15+,18+/m0/s1. The Balaban J connectivity index is 1.87. The van der Waals surface area contributed by atoms with Gasteiger partial charge in [0.05, 0.1) is 22.8 Å². The Morgan fingerprint density at radius 3 is 2.68 bits per heavy atom. The molecule has 0 amide bonds. The number of ether oxygens (including phenoxy) is 1. The van der Waals surface area contributed by atoms with Gasteiger partial charge in [0.1, 0.15) is 0 Å². The van der Waals surface area contributed by atoms with Crippen LogP contribution >= 0.6 is 23.2 Å². The molecule has 2 aliphatic heterocycles. The molecule has 0 spiro atoms. The van der Waals surface area contributed by atoms with Crippen molar-refractivity contribution in [1.29, 1.82) is 0 Å². The van der Waals surface area contributed by atoms with Crippen molar-refractivity contribution in [2.45, 2.75) is 57.2 Å². The molecule has 1 aromatic rings. The lowest BCUT2D eigenvalue weighted by Gasteiger charge is -2.43. The topological polar surface area (TPSA) is 12.5 Å². The monoisotopic (exact) mass is 341 g/mol. The highest BCUT2D eigenvalue weighted by Gasteiger charge is 2.46. The third-order valence-corrected chi connectivity index (χ3v) is 6.16. The van der Waals surface area contributed by atoms with Gasteiger partial charge in [-0.25, -0.2) is 0 Å². The van der Waals surface area contributed by atoms with Gasteiger partial charge in [0.25, 0.3) is 0 Å². The molecule has 22 heavy (non-hydrogen) atoms. The fourth-order valence-corrected chi connectivity index (χ4v) is 4.54. The molecule has 2 bridgehead atoms. The van der Waals surface area contributed by atoms with E-state index in [2.05, 4.69) is 37.9 Å². The molecule has 0 aliphatic carbocycles. The second-order valence-corrected chi connectivity index (χ2v) is 7.84. The molecular formula is C18H25Cl2NO. The minimum Gasteiger partial charge on any atom is -0.378 e. The van der Waals surface area contributed by atoms with Gasteiger partial charge >= 0.3 is 0 Å². The maximum absolute atomic E-state index is 6.25. The molecule has 3 rings (SSSR count). The summed E-state index contributed by atoms with van der Waals surface area (Å²) in [5.41, 5.74) is 1.32. The Kier molecular flexibility index (Phi) is 5.04. The first-order chi connectivity index (χ1) is 10.5. The SMILES string of the molecule is CC(C)OC[C@@H]1[C@@H](c2ccc(Cl)c(Cl)c2)C[C@@H]2CC[C@H]1N2C. The van der Waals surface area contributed by atoms with Crippen molar-refractivity contribution in [2.24, 2.45) is 5.92 Å². The number of piperidine rings is 1. The molecule has 2 fully saturated rings. The predicted octanol–water partition coefficient (Wildman–Crippen LogP) is 4.98. The lowest BCUT2D eigenvalue weighted by Crippen LogP contribution is -2.47. The zero-order chi connectivity index (χ0) is 15.9. The number of hydrogen-bond donors (Lipinski definition) is 0. The summed E-state index contributed by atoms with van der Waals surface area (Å²) in [6.45, 7) is 5.04. The summed E-state index contributed by atoms with van der Waals surface area (Å²) in [4.78, 5) is 2.57. The Labute approximate surface area is 143 Å². The fraction of sp³-hybridized carbons (Fsp3) is 0.667. The lowest BCUT2D eigenvalue weighted by atomic mass is 9.76. The summed E-state index contributed by atoms with van der Waals surface area (Å²) in [5.74, 6) is 1.05. The Bertz CT molecular complexity index is 534. The van der Waals surface area contributed by atoms with Crippen molar-refractivity contribution >= 4 is 23.2 Å². The van der Waals surface area contributed by atoms with Gasteiger partial charge < -0.3 is 9.64 Å². The van der Waals surface area contributed by atoms with Gasteiger partial charge in [0.2, 0.25) is 0 Å². The molecule has 0 unspecified atom stereocenters. The second-order valence-electron chi connectivity index (χ2n) is 7.03. The maximum atomic E-state index is 6.25. The van der Waals surface area contributed by atoms with Crippen LogP contribution in [0.5, 0.6) is 0 Å². The molecule has 0 N–H and O–H groups in total. The highest BCUT2D eigenvalue weighted by Crippen LogP contribution is 2.47. The van der Waals surface area contributed by atoms with E-state index in [1.165, 1.54) is 24.8 Å². The predicted molar refractivity (Wildman–Crippen MR) is 93.0 cm³/mol. The first kappa shape index (κ1) is 16.6. The summed E-state index contributed by atoms with van der Waals surface area (Å²) < 4.78 is 6.00. The zero-order valence-electron chi connectivity index (χ0n) is 13.6. The van der Waals surface area contributed by atoms with Crippen LogP contribution in [0.2, 0.25) is 10.0 Å². The smallest absolute Gasteiger partial charge is 0.0595 e. The number of halogens is 2. The van der Waals surface area contributed by atoms with E-state index >= 15 is 0 Å². The third kappa shape index (κ3) is 3.17. The first-order valence-electron chi connectivity index (χ1n) is 8.26. The number of hydrogen-bond acceptors (Lipinski definition) is 2. The summed E-state index contributed by atoms with van der Waals surface area (Å²) >= 11 is 12.3. The van der Waals surface area contributed by atoms with Gasteiger partial charge in [-0.1, -0.05) is 29.3 Å². The molecule has 0 saturated carbocycles. The van der Waals surface area contributed by atoms with Gasteiger partial charge in [0.15, 0.2) is 0 Å². The first-order valence-corrected chi connectivity index (χ1v) is 9.01. The van der Waals surface area contributed by atoms with Crippen molar-refractivity contribution in [3.8, 4) is 0 Å². The quantitative estimate of drug-likeness (QED) is 0.765. The maximum Gasteiger partial charge on any atom is 0.0595 e. The second kappa shape index (κ2) is 6.68. The number of benzene rings is 1. The molecule has 4 atom stereocenters. The average Bonchev–Trinajstić information content (AvgIpc) is 2.71. The molecule has 122 valence electrons. The van der Waals surface area contributed by atoms with Crippen LogP contribution in [-0.2, 0) is 4.74 Å².